The Balaban J connectivity index is 1.49. The summed E-state index contributed by atoms with van der Waals surface area (Å²) < 4.78 is 5.77. The van der Waals surface area contributed by atoms with Crippen LogP contribution in [0.4, 0.5) is 10.5 Å². The molecule has 2 aromatic rings. The monoisotopic (exact) mass is 396 g/mol. The summed E-state index contributed by atoms with van der Waals surface area (Å²) in [5.41, 5.74) is 0.725. The number of hydrogen-bond acceptors (Lipinski definition) is 4. The molecule has 3 rings (SSSR count). The van der Waals surface area contributed by atoms with Gasteiger partial charge in [0.1, 0.15) is 11.5 Å². The largest absolute Gasteiger partial charge is 0.457 e. The molecule has 1 aliphatic heterocycles. The van der Waals surface area contributed by atoms with Gasteiger partial charge < -0.3 is 20.3 Å². The molecule has 29 heavy (non-hydrogen) atoms. The van der Waals surface area contributed by atoms with Gasteiger partial charge in [-0.25, -0.2) is 4.79 Å². The molecule has 0 aliphatic carbocycles. The first-order chi connectivity index (χ1) is 14.1. The summed E-state index contributed by atoms with van der Waals surface area (Å²) in [6.07, 6.45) is 0. The van der Waals surface area contributed by atoms with E-state index in [1.54, 1.807) is 4.90 Å². The molecule has 154 valence electrons. The zero-order chi connectivity index (χ0) is 20.6. The fourth-order valence-corrected chi connectivity index (χ4v) is 3.22. The van der Waals surface area contributed by atoms with Gasteiger partial charge in [0.05, 0.1) is 6.04 Å². The normalized spacial score (nSPS) is 15.4. The molecule has 1 atom stereocenters. The topological polar surface area (TPSA) is 73.9 Å². The lowest BCUT2D eigenvalue weighted by atomic mass is 10.2. The first kappa shape index (κ1) is 20.7. The van der Waals surface area contributed by atoms with Crippen molar-refractivity contribution in [2.24, 2.45) is 0 Å². The van der Waals surface area contributed by atoms with Crippen molar-refractivity contribution in [2.45, 2.75) is 19.9 Å². The number of amides is 3. The molecule has 1 heterocycles. The Morgan fingerprint density at radius 2 is 1.59 bits per heavy atom. The van der Waals surface area contributed by atoms with Gasteiger partial charge in [-0.1, -0.05) is 18.2 Å². The number of nitrogens with zero attached hydrogens (tertiary/aromatic N) is 2. The van der Waals surface area contributed by atoms with E-state index in [1.165, 1.54) is 0 Å². The van der Waals surface area contributed by atoms with Crippen LogP contribution in [0.2, 0.25) is 0 Å². The SMILES string of the molecule is CCNC(=O)N1CCN(C(C)C(=O)Nc2ccc(Oc3ccccc3)cc2)CC1. The van der Waals surface area contributed by atoms with Crippen molar-refractivity contribution in [3.8, 4) is 11.5 Å². The predicted molar refractivity (Wildman–Crippen MR) is 113 cm³/mol. The number of hydrogen-bond donors (Lipinski definition) is 2. The minimum absolute atomic E-state index is 0.0398. The fraction of sp³-hybridized carbons (Fsp3) is 0.364. The standard InChI is InChI=1S/C22H28N4O3/c1-3-23-22(28)26-15-13-25(14-16-26)17(2)21(27)24-18-9-11-20(12-10-18)29-19-7-5-4-6-8-19/h4-12,17H,3,13-16H2,1-2H3,(H,23,28)(H,24,27). The van der Waals surface area contributed by atoms with Gasteiger partial charge in [0, 0.05) is 38.4 Å². The molecule has 0 saturated carbocycles. The highest BCUT2D eigenvalue weighted by molar-refractivity contribution is 5.94. The maximum atomic E-state index is 12.6. The van der Waals surface area contributed by atoms with Crippen LogP contribution in [0.5, 0.6) is 11.5 Å². The zero-order valence-corrected chi connectivity index (χ0v) is 16.9. The highest BCUT2D eigenvalue weighted by Crippen LogP contribution is 2.22. The van der Waals surface area contributed by atoms with Crippen molar-refractivity contribution >= 4 is 17.6 Å². The Hall–Kier alpha value is -3.06. The average Bonchev–Trinajstić information content (AvgIpc) is 2.75. The predicted octanol–water partition coefficient (Wildman–Crippen LogP) is 3.15. The van der Waals surface area contributed by atoms with Crippen LogP contribution in [0, 0.1) is 0 Å². The molecule has 0 bridgehead atoms. The third kappa shape index (κ3) is 5.71. The van der Waals surface area contributed by atoms with Crippen LogP contribution in [0.1, 0.15) is 13.8 Å². The van der Waals surface area contributed by atoms with Crippen LogP contribution in [-0.2, 0) is 4.79 Å². The number of rotatable bonds is 6. The van der Waals surface area contributed by atoms with Crippen LogP contribution in [0.25, 0.3) is 0 Å². The molecule has 1 saturated heterocycles. The van der Waals surface area contributed by atoms with Crippen LogP contribution >= 0.6 is 0 Å². The Labute approximate surface area is 171 Å². The zero-order valence-electron chi connectivity index (χ0n) is 16.9. The molecular weight excluding hydrogens is 368 g/mol. The summed E-state index contributed by atoms with van der Waals surface area (Å²) in [6, 6.07) is 16.6. The Morgan fingerprint density at radius 1 is 0.966 bits per heavy atom. The number of carbonyl (C=O) groups is 2. The molecular formula is C22H28N4O3. The molecule has 1 unspecified atom stereocenters. The van der Waals surface area contributed by atoms with E-state index in [4.69, 9.17) is 4.74 Å². The number of anilines is 1. The lowest BCUT2D eigenvalue weighted by molar-refractivity contribution is -0.121. The molecule has 7 nitrogen and oxygen atoms in total. The molecule has 0 radical (unpaired) electrons. The number of nitrogens with one attached hydrogen (secondary N) is 2. The van der Waals surface area contributed by atoms with E-state index in [0.29, 0.717) is 38.5 Å². The summed E-state index contributed by atoms with van der Waals surface area (Å²) in [4.78, 5) is 28.4. The minimum atomic E-state index is -0.272. The third-order valence-electron chi connectivity index (χ3n) is 4.96. The minimum Gasteiger partial charge on any atom is -0.457 e. The summed E-state index contributed by atoms with van der Waals surface area (Å²) in [7, 11) is 0. The summed E-state index contributed by atoms with van der Waals surface area (Å²) in [5, 5.41) is 5.77. The van der Waals surface area contributed by atoms with E-state index in [2.05, 4.69) is 15.5 Å². The number of piperazine rings is 1. The average molecular weight is 396 g/mol. The third-order valence-corrected chi connectivity index (χ3v) is 4.96. The Morgan fingerprint density at radius 3 is 2.21 bits per heavy atom. The van der Waals surface area contributed by atoms with Crippen molar-refractivity contribution in [2.75, 3.05) is 38.0 Å². The van der Waals surface area contributed by atoms with E-state index < -0.39 is 0 Å². The summed E-state index contributed by atoms with van der Waals surface area (Å²) in [6.45, 7) is 7.01. The van der Waals surface area contributed by atoms with Gasteiger partial charge in [-0.05, 0) is 50.2 Å². The van der Waals surface area contributed by atoms with Crippen molar-refractivity contribution in [1.29, 1.82) is 0 Å². The van der Waals surface area contributed by atoms with Gasteiger partial charge in [0.25, 0.3) is 0 Å². The smallest absolute Gasteiger partial charge is 0.317 e. The number of urea groups is 1. The number of ether oxygens (including phenoxy) is 1. The lowest BCUT2D eigenvalue weighted by Gasteiger charge is -2.37. The molecule has 2 N–H and O–H groups in total. The second-order valence-electron chi connectivity index (χ2n) is 6.96. The van der Waals surface area contributed by atoms with Crippen LogP contribution < -0.4 is 15.4 Å². The highest BCUT2D eigenvalue weighted by Gasteiger charge is 2.27. The van der Waals surface area contributed by atoms with Gasteiger partial charge in [0.2, 0.25) is 5.91 Å². The Bertz CT molecular complexity index is 803. The second-order valence-corrected chi connectivity index (χ2v) is 6.96. The van der Waals surface area contributed by atoms with Crippen molar-refractivity contribution in [3.63, 3.8) is 0 Å². The van der Waals surface area contributed by atoms with Crippen molar-refractivity contribution in [3.05, 3.63) is 54.6 Å². The number of benzene rings is 2. The van der Waals surface area contributed by atoms with Crippen LogP contribution in [0.3, 0.4) is 0 Å². The van der Waals surface area contributed by atoms with Gasteiger partial charge in [-0.2, -0.15) is 0 Å². The first-order valence-electron chi connectivity index (χ1n) is 9.97. The molecule has 7 heteroatoms. The van der Waals surface area contributed by atoms with Crippen molar-refractivity contribution < 1.29 is 14.3 Å². The van der Waals surface area contributed by atoms with E-state index in [9.17, 15) is 9.59 Å². The molecule has 3 amide bonds. The number of para-hydroxylation sites is 1. The fourth-order valence-electron chi connectivity index (χ4n) is 3.22. The van der Waals surface area contributed by atoms with E-state index in [1.807, 2.05) is 68.4 Å². The van der Waals surface area contributed by atoms with E-state index >= 15 is 0 Å². The molecule has 2 aromatic carbocycles. The molecule has 1 fully saturated rings. The highest BCUT2D eigenvalue weighted by atomic mass is 16.5. The Kier molecular flexibility index (Phi) is 7.08. The summed E-state index contributed by atoms with van der Waals surface area (Å²) >= 11 is 0. The number of carbonyl (C=O) groups excluding carboxylic acids is 2. The van der Waals surface area contributed by atoms with Gasteiger partial charge in [-0.3, -0.25) is 9.69 Å². The molecule has 0 aromatic heterocycles. The summed E-state index contributed by atoms with van der Waals surface area (Å²) in [5.74, 6) is 1.42. The van der Waals surface area contributed by atoms with Gasteiger partial charge >= 0.3 is 6.03 Å². The van der Waals surface area contributed by atoms with Crippen LogP contribution in [-0.4, -0.2) is 60.5 Å². The van der Waals surface area contributed by atoms with Crippen molar-refractivity contribution in [1.82, 2.24) is 15.1 Å². The van der Waals surface area contributed by atoms with Gasteiger partial charge in [-0.15, -0.1) is 0 Å². The molecule has 1 aliphatic rings. The maximum Gasteiger partial charge on any atom is 0.317 e. The second kappa shape index (κ2) is 9.93. The van der Waals surface area contributed by atoms with E-state index in [-0.39, 0.29) is 18.0 Å². The molecule has 0 spiro atoms. The maximum absolute atomic E-state index is 12.6. The van der Waals surface area contributed by atoms with Gasteiger partial charge in [0.15, 0.2) is 0 Å². The van der Waals surface area contributed by atoms with Crippen LogP contribution in [0.15, 0.2) is 54.6 Å². The lowest BCUT2D eigenvalue weighted by Crippen LogP contribution is -2.55. The first-order valence-corrected chi connectivity index (χ1v) is 9.97. The quantitative estimate of drug-likeness (QED) is 0.787. The van der Waals surface area contributed by atoms with E-state index in [0.717, 1.165) is 11.4 Å².